The summed E-state index contributed by atoms with van der Waals surface area (Å²) in [5.74, 6) is 0.969. The van der Waals surface area contributed by atoms with Crippen LogP contribution in [0.3, 0.4) is 0 Å². The van der Waals surface area contributed by atoms with Crippen LogP contribution in [0.1, 0.15) is 39.2 Å². The molecule has 0 fully saturated rings. The van der Waals surface area contributed by atoms with Crippen molar-refractivity contribution in [3.05, 3.63) is 108 Å². The Morgan fingerprint density at radius 1 is 0.833 bits per heavy atom. The van der Waals surface area contributed by atoms with Crippen molar-refractivity contribution in [2.45, 2.75) is 20.1 Å². The first-order valence-electron chi connectivity index (χ1n) is 11.3. The summed E-state index contributed by atoms with van der Waals surface area (Å²) in [4.78, 5) is 29.1. The van der Waals surface area contributed by atoms with E-state index in [0.29, 0.717) is 36.2 Å². The number of nitrogens with zero attached hydrogens (tertiary/aromatic N) is 1. The Morgan fingerprint density at radius 3 is 2.44 bits per heavy atom. The quantitative estimate of drug-likeness (QED) is 0.321. The van der Waals surface area contributed by atoms with E-state index < -0.39 is 11.8 Å². The molecule has 0 aliphatic rings. The van der Waals surface area contributed by atoms with Gasteiger partial charge in [-0.05, 0) is 55.5 Å². The van der Waals surface area contributed by atoms with Crippen LogP contribution in [0.15, 0.2) is 89.6 Å². The van der Waals surface area contributed by atoms with Crippen LogP contribution in [0.2, 0.25) is 0 Å². The van der Waals surface area contributed by atoms with E-state index in [4.69, 9.17) is 18.6 Å². The molecule has 184 valence electrons. The number of para-hydroxylation sites is 1. The van der Waals surface area contributed by atoms with E-state index in [2.05, 4.69) is 15.8 Å². The van der Waals surface area contributed by atoms with Gasteiger partial charge in [0.2, 0.25) is 0 Å². The van der Waals surface area contributed by atoms with Gasteiger partial charge in [0.1, 0.15) is 24.7 Å². The third kappa shape index (κ3) is 6.63. The summed E-state index contributed by atoms with van der Waals surface area (Å²) >= 11 is 0. The average Bonchev–Trinajstić information content (AvgIpc) is 3.40. The van der Waals surface area contributed by atoms with Crippen molar-refractivity contribution in [1.82, 2.24) is 15.8 Å². The zero-order chi connectivity index (χ0) is 25.2. The summed E-state index contributed by atoms with van der Waals surface area (Å²) in [5.41, 5.74) is 5.90. The molecule has 2 aromatic carbocycles. The van der Waals surface area contributed by atoms with Crippen LogP contribution < -0.4 is 25.1 Å². The second-order valence-corrected chi connectivity index (χ2v) is 7.52. The number of carbonyl (C=O) groups is 2. The summed E-state index contributed by atoms with van der Waals surface area (Å²) in [5, 5.41) is 0. The molecule has 36 heavy (non-hydrogen) atoms. The van der Waals surface area contributed by atoms with Gasteiger partial charge in [-0.2, -0.15) is 0 Å². The molecule has 0 aliphatic heterocycles. The summed E-state index contributed by atoms with van der Waals surface area (Å²) in [6.45, 7) is 2.69. The molecule has 9 nitrogen and oxygen atoms in total. The van der Waals surface area contributed by atoms with Crippen LogP contribution in [-0.4, -0.2) is 23.4 Å². The third-order valence-electron chi connectivity index (χ3n) is 4.92. The van der Waals surface area contributed by atoms with Crippen molar-refractivity contribution in [3.63, 3.8) is 0 Å². The molecule has 0 aliphatic carbocycles. The molecule has 0 bridgehead atoms. The van der Waals surface area contributed by atoms with Gasteiger partial charge in [-0.3, -0.25) is 25.4 Å². The van der Waals surface area contributed by atoms with Gasteiger partial charge in [0.25, 0.3) is 5.91 Å². The van der Waals surface area contributed by atoms with Gasteiger partial charge in [-0.1, -0.05) is 24.3 Å². The van der Waals surface area contributed by atoms with Crippen molar-refractivity contribution in [3.8, 4) is 17.2 Å². The lowest BCUT2D eigenvalue weighted by atomic mass is 10.2. The lowest BCUT2D eigenvalue weighted by molar-refractivity contribution is 0.0828. The maximum absolute atomic E-state index is 12.6. The summed E-state index contributed by atoms with van der Waals surface area (Å²) in [6, 6.07) is 20.9. The minimum atomic E-state index is -0.601. The minimum Gasteiger partial charge on any atom is -0.490 e. The Bertz CT molecular complexity index is 1290. The molecule has 4 rings (SSSR count). The Labute approximate surface area is 208 Å². The number of hydrazine groups is 1. The topological polar surface area (TPSA) is 112 Å². The molecular formula is C27H25N3O6. The summed E-state index contributed by atoms with van der Waals surface area (Å²) in [7, 11) is 0. The maximum Gasteiger partial charge on any atom is 0.305 e. The number of hydrogen-bond donors (Lipinski definition) is 2. The number of ether oxygens (including phenoxy) is 3. The van der Waals surface area contributed by atoms with Crippen molar-refractivity contribution >= 4 is 11.8 Å². The molecule has 2 aromatic heterocycles. The molecule has 0 saturated carbocycles. The van der Waals surface area contributed by atoms with E-state index in [0.717, 1.165) is 5.56 Å². The van der Waals surface area contributed by atoms with Crippen LogP contribution in [0.25, 0.3) is 0 Å². The van der Waals surface area contributed by atoms with Crippen LogP contribution in [0.4, 0.5) is 0 Å². The molecule has 0 atom stereocenters. The zero-order valence-electron chi connectivity index (χ0n) is 19.6. The monoisotopic (exact) mass is 487 g/mol. The second kappa shape index (κ2) is 12.1. The van der Waals surface area contributed by atoms with E-state index >= 15 is 0 Å². The molecule has 0 unspecified atom stereocenters. The van der Waals surface area contributed by atoms with E-state index in [9.17, 15) is 9.59 Å². The van der Waals surface area contributed by atoms with Crippen LogP contribution >= 0.6 is 0 Å². The molecule has 2 heterocycles. The fraction of sp³-hybridized carbons (Fsp3) is 0.148. The number of aromatic nitrogens is 1. The van der Waals surface area contributed by atoms with Gasteiger partial charge >= 0.3 is 5.91 Å². The van der Waals surface area contributed by atoms with Crippen molar-refractivity contribution in [2.24, 2.45) is 0 Å². The standard InChI is InChI=1S/C27H25N3O6/c1-2-33-25-15-20(10-12-23(25)35-17-19-7-6-14-28-16-19)26(31)29-30-27(32)24-13-11-22(36-24)18-34-21-8-4-3-5-9-21/h3-16H,2,17-18H2,1H3,(H,29,31)(H,30,32). The first kappa shape index (κ1) is 24.3. The number of pyridine rings is 1. The smallest absolute Gasteiger partial charge is 0.305 e. The van der Waals surface area contributed by atoms with Gasteiger partial charge < -0.3 is 18.6 Å². The first-order valence-corrected chi connectivity index (χ1v) is 11.3. The summed E-state index contributed by atoms with van der Waals surface area (Å²) < 4.78 is 22.6. The van der Waals surface area contributed by atoms with Crippen molar-refractivity contribution < 1.29 is 28.2 Å². The highest BCUT2D eigenvalue weighted by Crippen LogP contribution is 2.29. The number of furan rings is 1. The Morgan fingerprint density at radius 2 is 1.67 bits per heavy atom. The lowest BCUT2D eigenvalue weighted by Crippen LogP contribution is -2.41. The molecule has 0 radical (unpaired) electrons. The predicted octanol–water partition coefficient (Wildman–Crippen LogP) is 4.31. The molecule has 0 saturated heterocycles. The molecule has 4 aromatic rings. The zero-order valence-corrected chi connectivity index (χ0v) is 19.6. The van der Waals surface area contributed by atoms with Crippen molar-refractivity contribution in [1.29, 1.82) is 0 Å². The number of nitrogens with one attached hydrogen (secondary N) is 2. The Hall–Kier alpha value is -4.79. The Kier molecular flexibility index (Phi) is 8.16. The number of benzene rings is 2. The highest BCUT2D eigenvalue weighted by Gasteiger charge is 2.15. The average molecular weight is 488 g/mol. The normalized spacial score (nSPS) is 10.4. The first-order chi connectivity index (χ1) is 17.6. The molecule has 0 spiro atoms. The number of carbonyl (C=O) groups excluding carboxylic acids is 2. The van der Waals surface area contributed by atoms with Gasteiger partial charge in [0.15, 0.2) is 17.3 Å². The fourth-order valence-corrected chi connectivity index (χ4v) is 3.18. The van der Waals surface area contributed by atoms with Gasteiger partial charge in [0.05, 0.1) is 6.61 Å². The van der Waals surface area contributed by atoms with E-state index in [-0.39, 0.29) is 17.9 Å². The molecule has 2 amide bonds. The molecule has 9 heteroatoms. The minimum absolute atomic E-state index is 0.0381. The number of hydrogen-bond acceptors (Lipinski definition) is 7. The second-order valence-electron chi connectivity index (χ2n) is 7.52. The predicted molar refractivity (Wildman–Crippen MR) is 131 cm³/mol. The lowest BCUT2D eigenvalue weighted by Gasteiger charge is -2.13. The van der Waals surface area contributed by atoms with Crippen LogP contribution in [0, 0.1) is 0 Å². The van der Waals surface area contributed by atoms with Gasteiger partial charge in [-0.15, -0.1) is 0 Å². The van der Waals surface area contributed by atoms with E-state index in [1.807, 2.05) is 49.4 Å². The third-order valence-corrected chi connectivity index (χ3v) is 4.92. The van der Waals surface area contributed by atoms with Gasteiger partial charge in [-0.25, -0.2) is 0 Å². The molecule has 2 N–H and O–H groups in total. The van der Waals surface area contributed by atoms with Crippen LogP contribution in [0.5, 0.6) is 17.2 Å². The largest absolute Gasteiger partial charge is 0.490 e. The van der Waals surface area contributed by atoms with Crippen molar-refractivity contribution in [2.75, 3.05) is 6.61 Å². The summed E-state index contributed by atoms with van der Waals surface area (Å²) in [6.07, 6.45) is 3.40. The van der Waals surface area contributed by atoms with E-state index in [1.165, 1.54) is 6.07 Å². The highest BCUT2D eigenvalue weighted by atomic mass is 16.5. The Balaban J connectivity index is 1.31. The maximum atomic E-state index is 12.6. The van der Waals surface area contributed by atoms with E-state index in [1.54, 1.807) is 36.7 Å². The fourth-order valence-electron chi connectivity index (χ4n) is 3.18. The van der Waals surface area contributed by atoms with Gasteiger partial charge in [0, 0.05) is 23.5 Å². The SMILES string of the molecule is CCOc1cc(C(=O)NNC(=O)c2ccc(COc3ccccc3)o2)ccc1OCc1cccnc1. The molecular weight excluding hydrogens is 462 g/mol. The van der Waals surface area contributed by atoms with Crippen LogP contribution in [-0.2, 0) is 13.2 Å². The highest BCUT2D eigenvalue weighted by molar-refractivity contribution is 5.98. The number of amides is 2. The number of rotatable bonds is 10.